The number of anilines is 1. The van der Waals surface area contributed by atoms with Crippen molar-refractivity contribution in [3.05, 3.63) is 60.4 Å². The van der Waals surface area contributed by atoms with Gasteiger partial charge in [0, 0.05) is 25.0 Å². The number of carbonyl (C=O) groups excluding carboxylic acids is 1. The van der Waals surface area contributed by atoms with Gasteiger partial charge in [0.25, 0.3) is 0 Å². The zero-order chi connectivity index (χ0) is 20.5. The van der Waals surface area contributed by atoms with Crippen LogP contribution in [0.4, 0.5) is 5.69 Å². The van der Waals surface area contributed by atoms with Gasteiger partial charge in [-0.1, -0.05) is 42.1 Å². The minimum Gasteiger partial charge on any atom is -0.492 e. The Morgan fingerprint density at radius 3 is 2.62 bits per heavy atom. The highest BCUT2D eigenvalue weighted by Gasteiger charge is 2.15. The number of nitrogens with one attached hydrogen (secondary N) is 1. The number of amides is 1. The van der Waals surface area contributed by atoms with Gasteiger partial charge >= 0.3 is 0 Å². The summed E-state index contributed by atoms with van der Waals surface area (Å²) >= 11 is 1.48. The largest absolute Gasteiger partial charge is 0.492 e. The summed E-state index contributed by atoms with van der Waals surface area (Å²) in [5.74, 6) is 1.88. The monoisotopic (exact) mass is 412 g/mol. The number of nitrogens with zero attached hydrogens (tertiary/aromatic N) is 3. The molecule has 1 N–H and O–H groups in total. The van der Waals surface area contributed by atoms with E-state index in [1.165, 1.54) is 11.8 Å². The van der Waals surface area contributed by atoms with Crippen molar-refractivity contribution < 1.29 is 14.3 Å². The van der Waals surface area contributed by atoms with E-state index in [0.29, 0.717) is 36.8 Å². The fourth-order valence-electron chi connectivity index (χ4n) is 2.75. The molecule has 1 heterocycles. The Morgan fingerprint density at radius 1 is 1.10 bits per heavy atom. The molecular weight excluding hydrogens is 388 g/mol. The molecule has 0 radical (unpaired) electrons. The third-order valence-electron chi connectivity index (χ3n) is 4.01. The van der Waals surface area contributed by atoms with Crippen LogP contribution in [0.1, 0.15) is 19.2 Å². The molecule has 7 nitrogen and oxygen atoms in total. The van der Waals surface area contributed by atoms with Gasteiger partial charge in [-0.25, -0.2) is 0 Å². The fourth-order valence-corrected chi connectivity index (χ4v) is 3.66. The number of hydrogen-bond acceptors (Lipinski definition) is 6. The summed E-state index contributed by atoms with van der Waals surface area (Å²) in [5.41, 5.74) is 1.64. The quantitative estimate of drug-likeness (QED) is 0.508. The smallest absolute Gasteiger partial charge is 0.225 e. The second-order valence-corrected chi connectivity index (χ2v) is 7.14. The number of rotatable bonds is 10. The molecule has 0 spiro atoms. The summed E-state index contributed by atoms with van der Waals surface area (Å²) in [5, 5.41) is 12.1. The number of ether oxygens (including phenoxy) is 2. The number of para-hydroxylation sites is 3. The second-order valence-electron chi connectivity index (χ2n) is 6.08. The molecule has 0 saturated carbocycles. The zero-order valence-electron chi connectivity index (χ0n) is 16.5. The maximum absolute atomic E-state index is 12.4. The van der Waals surface area contributed by atoms with Crippen LogP contribution >= 0.6 is 11.8 Å². The summed E-state index contributed by atoms with van der Waals surface area (Å²) < 4.78 is 12.7. The lowest BCUT2D eigenvalue weighted by Crippen LogP contribution is -2.13. The molecule has 0 bridgehead atoms. The van der Waals surface area contributed by atoms with Gasteiger partial charge in [0.15, 0.2) is 11.0 Å². The van der Waals surface area contributed by atoms with E-state index in [2.05, 4.69) is 15.5 Å². The topological polar surface area (TPSA) is 78.3 Å². The van der Waals surface area contributed by atoms with Crippen LogP contribution in [0.5, 0.6) is 5.75 Å². The first-order valence-electron chi connectivity index (χ1n) is 9.36. The van der Waals surface area contributed by atoms with Gasteiger partial charge in [-0.05, 0) is 31.2 Å². The molecule has 29 heavy (non-hydrogen) atoms. The van der Waals surface area contributed by atoms with E-state index in [-0.39, 0.29) is 5.91 Å². The van der Waals surface area contributed by atoms with Crippen molar-refractivity contribution in [1.82, 2.24) is 14.8 Å². The minimum absolute atomic E-state index is 0.0763. The Morgan fingerprint density at radius 2 is 1.86 bits per heavy atom. The zero-order valence-corrected chi connectivity index (χ0v) is 17.3. The molecule has 0 fully saturated rings. The van der Waals surface area contributed by atoms with E-state index in [1.807, 2.05) is 66.1 Å². The molecule has 0 atom stereocenters. The number of carbonyl (C=O) groups is 1. The van der Waals surface area contributed by atoms with E-state index in [4.69, 9.17) is 9.47 Å². The van der Waals surface area contributed by atoms with Crippen molar-refractivity contribution in [3.8, 4) is 11.4 Å². The third-order valence-corrected chi connectivity index (χ3v) is 4.94. The first kappa shape index (κ1) is 20.9. The van der Waals surface area contributed by atoms with Gasteiger partial charge in [-0.2, -0.15) is 0 Å². The van der Waals surface area contributed by atoms with Crippen molar-refractivity contribution in [2.45, 2.75) is 25.1 Å². The van der Waals surface area contributed by atoms with E-state index in [0.717, 1.165) is 16.7 Å². The lowest BCUT2D eigenvalue weighted by molar-refractivity contribution is -0.115. The summed E-state index contributed by atoms with van der Waals surface area (Å²) in [6.45, 7) is 2.81. The molecule has 0 aliphatic rings. The van der Waals surface area contributed by atoms with E-state index >= 15 is 0 Å². The average molecular weight is 413 g/mol. The molecule has 0 aliphatic carbocycles. The average Bonchev–Trinajstić information content (AvgIpc) is 3.13. The first-order chi connectivity index (χ1) is 14.2. The molecule has 0 aliphatic heterocycles. The van der Waals surface area contributed by atoms with Crippen LogP contribution in [0, 0.1) is 0 Å². The number of benzene rings is 2. The van der Waals surface area contributed by atoms with Crippen LogP contribution in [0.2, 0.25) is 0 Å². The molecule has 0 unspecified atom stereocenters. The van der Waals surface area contributed by atoms with Gasteiger partial charge in [-0.3, -0.25) is 9.36 Å². The van der Waals surface area contributed by atoms with Gasteiger partial charge < -0.3 is 14.8 Å². The highest BCUT2D eigenvalue weighted by atomic mass is 32.2. The van der Waals surface area contributed by atoms with Crippen molar-refractivity contribution >= 4 is 23.4 Å². The maximum Gasteiger partial charge on any atom is 0.225 e. The maximum atomic E-state index is 12.4. The number of hydrogen-bond donors (Lipinski definition) is 1. The van der Waals surface area contributed by atoms with Crippen LogP contribution in [-0.2, 0) is 16.1 Å². The molecule has 0 saturated heterocycles. The highest BCUT2D eigenvalue weighted by Crippen LogP contribution is 2.25. The highest BCUT2D eigenvalue weighted by molar-refractivity contribution is 7.99. The van der Waals surface area contributed by atoms with Gasteiger partial charge in [-0.15, -0.1) is 10.2 Å². The van der Waals surface area contributed by atoms with Crippen molar-refractivity contribution in [2.75, 3.05) is 24.8 Å². The van der Waals surface area contributed by atoms with Crippen molar-refractivity contribution in [1.29, 1.82) is 0 Å². The molecule has 1 aromatic heterocycles. The summed E-state index contributed by atoms with van der Waals surface area (Å²) in [6, 6.07) is 17.3. The fraction of sp³-hybridized carbons (Fsp3) is 0.286. The van der Waals surface area contributed by atoms with Gasteiger partial charge in [0.1, 0.15) is 12.4 Å². The van der Waals surface area contributed by atoms with Crippen LogP contribution in [0.3, 0.4) is 0 Å². The van der Waals surface area contributed by atoms with Gasteiger partial charge in [0.05, 0.1) is 12.3 Å². The summed E-state index contributed by atoms with van der Waals surface area (Å²) in [4.78, 5) is 12.4. The van der Waals surface area contributed by atoms with E-state index < -0.39 is 0 Å². The first-order valence-corrected chi connectivity index (χ1v) is 10.3. The molecular formula is C21H24N4O3S. The number of thioether (sulfide) groups is 1. The van der Waals surface area contributed by atoms with Gasteiger partial charge in [0.2, 0.25) is 5.91 Å². The Labute approximate surface area is 174 Å². The lowest BCUT2D eigenvalue weighted by Gasteiger charge is -2.11. The molecule has 2 aromatic carbocycles. The van der Waals surface area contributed by atoms with Crippen molar-refractivity contribution in [3.63, 3.8) is 0 Å². The SMILES string of the molecule is CCOc1ccccc1NC(=O)CCSc1nnc(COC)n1-c1ccccc1. The van der Waals surface area contributed by atoms with E-state index in [1.54, 1.807) is 7.11 Å². The van der Waals surface area contributed by atoms with Crippen LogP contribution < -0.4 is 10.1 Å². The number of aromatic nitrogens is 3. The molecule has 152 valence electrons. The van der Waals surface area contributed by atoms with E-state index in [9.17, 15) is 4.79 Å². The molecule has 8 heteroatoms. The second kappa shape index (κ2) is 10.6. The van der Waals surface area contributed by atoms with Crippen LogP contribution in [0.25, 0.3) is 5.69 Å². The molecule has 3 aromatic rings. The standard InChI is InChI=1S/C21H24N4O3S/c1-3-28-18-12-8-7-11-17(18)22-20(26)13-14-29-21-24-23-19(15-27-2)25(21)16-9-5-4-6-10-16/h4-12H,3,13-15H2,1-2H3,(H,22,26). The lowest BCUT2D eigenvalue weighted by atomic mass is 10.3. The molecule has 3 rings (SSSR count). The third kappa shape index (κ3) is 5.58. The molecule has 1 amide bonds. The van der Waals surface area contributed by atoms with Crippen LogP contribution in [-0.4, -0.2) is 40.1 Å². The van der Waals surface area contributed by atoms with Crippen LogP contribution in [0.15, 0.2) is 59.8 Å². The van der Waals surface area contributed by atoms with Crippen molar-refractivity contribution in [2.24, 2.45) is 0 Å². The predicted octanol–water partition coefficient (Wildman–Crippen LogP) is 3.93. The Hall–Kier alpha value is -2.84. The summed E-state index contributed by atoms with van der Waals surface area (Å²) in [7, 11) is 1.63. The minimum atomic E-state index is -0.0763. The Balaban J connectivity index is 1.63. The summed E-state index contributed by atoms with van der Waals surface area (Å²) in [6.07, 6.45) is 0.340. The normalized spacial score (nSPS) is 10.7. The predicted molar refractivity (Wildman–Crippen MR) is 114 cm³/mol. The number of methoxy groups -OCH3 is 1. The Kier molecular flexibility index (Phi) is 7.66. The Bertz CT molecular complexity index is 931.